The van der Waals surface area contributed by atoms with Crippen LogP contribution in [-0.4, -0.2) is 82.3 Å². The lowest BCUT2D eigenvalue weighted by molar-refractivity contribution is -0.149. The molecule has 1 aromatic rings. The van der Waals surface area contributed by atoms with Gasteiger partial charge in [-0.1, -0.05) is 63.1 Å². The van der Waals surface area contributed by atoms with Gasteiger partial charge in [0.05, 0.1) is 6.61 Å². The van der Waals surface area contributed by atoms with Crippen molar-refractivity contribution < 1.29 is 38.6 Å². The minimum atomic E-state index is -0.841. The number of unbranched alkanes of at least 4 members (excludes halogenated alkanes) is 3. The smallest absolute Gasteiger partial charge is 0.408 e. The van der Waals surface area contributed by atoms with E-state index in [0.717, 1.165) is 36.8 Å². The fraction of sp³-hybridized carbons (Fsp3) is 0.618. The Balaban J connectivity index is 0.000000504. The van der Waals surface area contributed by atoms with Crippen LogP contribution in [0.25, 0.3) is 0 Å². The molecule has 12 heteroatoms. The van der Waals surface area contributed by atoms with Gasteiger partial charge < -0.3 is 30.1 Å². The molecule has 0 saturated carbocycles. The minimum absolute atomic E-state index is 0.211. The maximum atomic E-state index is 13.1. The Kier molecular flexibility index (Phi) is 15.5. The average Bonchev–Trinajstić information content (AvgIpc) is 3.66. The van der Waals surface area contributed by atoms with Crippen LogP contribution in [0.1, 0.15) is 91.2 Å². The second-order valence-corrected chi connectivity index (χ2v) is 12.5. The number of hydrogen-bond donors (Lipinski definition) is 3. The van der Waals surface area contributed by atoms with Gasteiger partial charge in [-0.2, -0.15) is 0 Å². The third-order valence-corrected chi connectivity index (χ3v) is 7.55. The Bertz CT molecular complexity index is 1190. The molecule has 0 radical (unpaired) electrons. The molecule has 0 aliphatic carbocycles. The van der Waals surface area contributed by atoms with Gasteiger partial charge in [0.1, 0.15) is 24.2 Å². The molecule has 3 atom stereocenters. The van der Waals surface area contributed by atoms with E-state index in [4.69, 9.17) is 14.6 Å². The molecular formula is C34H52N4O8. The molecular weight excluding hydrogens is 592 g/mol. The van der Waals surface area contributed by atoms with E-state index in [2.05, 4.69) is 17.6 Å². The summed E-state index contributed by atoms with van der Waals surface area (Å²) in [6, 6.07) is 6.27. The van der Waals surface area contributed by atoms with Gasteiger partial charge in [-0.3, -0.25) is 14.5 Å². The summed E-state index contributed by atoms with van der Waals surface area (Å²) in [6.45, 7) is 12.3. The molecule has 256 valence electrons. The summed E-state index contributed by atoms with van der Waals surface area (Å²) in [5.41, 5.74) is 1.58. The fourth-order valence-electron chi connectivity index (χ4n) is 5.19. The van der Waals surface area contributed by atoms with E-state index in [1.165, 1.54) is 9.80 Å². The first-order valence-corrected chi connectivity index (χ1v) is 16.2. The van der Waals surface area contributed by atoms with Crippen LogP contribution in [0.15, 0.2) is 36.4 Å². The van der Waals surface area contributed by atoms with E-state index in [9.17, 15) is 24.0 Å². The summed E-state index contributed by atoms with van der Waals surface area (Å²) in [7, 11) is 0. The van der Waals surface area contributed by atoms with Crippen LogP contribution >= 0.6 is 0 Å². The van der Waals surface area contributed by atoms with Crippen molar-refractivity contribution in [2.45, 2.75) is 111 Å². The third-order valence-electron chi connectivity index (χ3n) is 7.55. The number of benzene rings is 1. The van der Waals surface area contributed by atoms with Gasteiger partial charge in [0.25, 0.3) is 0 Å². The number of alkyl carbamates (subject to hydrolysis) is 1. The summed E-state index contributed by atoms with van der Waals surface area (Å²) in [5, 5.41) is 14.0. The van der Waals surface area contributed by atoms with Crippen molar-refractivity contribution in [2.75, 3.05) is 19.7 Å². The van der Waals surface area contributed by atoms with Gasteiger partial charge in [-0.15, -0.1) is 0 Å². The fourth-order valence-corrected chi connectivity index (χ4v) is 5.19. The normalized spacial score (nSPS) is 17.0. The summed E-state index contributed by atoms with van der Waals surface area (Å²) in [5.74, 6) is -1.53. The predicted octanol–water partition coefficient (Wildman–Crippen LogP) is 5.00. The molecule has 3 N–H and O–H groups in total. The molecule has 1 aromatic carbocycles. The second-order valence-electron chi connectivity index (χ2n) is 12.5. The molecule has 3 rings (SSSR count). The molecule has 0 aromatic heterocycles. The van der Waals surface area contributed by atoms with E-state index in [1.807, 2.05) is 43.3 Å². The number of nitrogens with zero attached hydrogens (tertiary/aromatic N) is 2. The van der Waals surface area contributed by atoms with Gasteiger partial charge in [0.2, 0.25) is 11.8 Å². The molecule has 12 nitrogen and oxygen atoms in total. The van der Waals surface area contributed by atoms with Crippen molar-refractivity contribution >= 4 is 30.0 Å². The van der Waals surface area contributed by atoms with Crippen LogP contribution in [0.2, 0.25) is 0 Å². The van der Waals surface area contributed by atoms with Crippen molar-refractivity contribution in [3.05, 3.63) is 47.5 Å². The zero-order valence-electron chi connectivity index (χ0n) is 28.2. The average molecular weight is 645 g/mol. The van der Waals surface area contributed by atoms with Crippen LogP contribution in [-0.2, 0) is 36.9 Å². The molecule has 0 spiro atoms. The van der Waals surface area contributed by atoms with E-state index < -0.39 is 41.7 Å². The molecule has 0 bridgehead atoms. The largest absolute Gasteiger partial charge is 0.465 e. The number of nitrogens with one attached hydrogen (secondary N) is 2. The predicted molar refractivity (Wildman–Crippen MR) is 174 cm³/mol. The molecule has 2 aliphatic heterocycles. The summed E-state index contributed by atoms with van der Waals surface area (Å²) < 4.78 is 10.3. The first-order valence-electron chi connectivity index (χ1n) is 16.2. The maximum absolute atomic E-state index is 13.1. The number of carbonyl (C=O) groups is 5. The summed E-state index contributed by atoms with van der Waals surface area (Å²) in [4.78, 5) is 63.6. The number of allylic oxidation sites excluding steroid dienone is 1. The zero-order valence-corrected chi connectivity index (χ0v) is 28.2. The number of rotatable bonds is 12. The van der Waals surface area contributed by atoms with Crippen molar-refractivity contribution in [3.8, 4) is 0 Å². The number of ether oxygens (including phenoxy) is 2. The highest BCUT2D eigenvalue weighted by Crippen LogP contribution is 2.22. The number of fused-ring (bicyclic) bond motifs is 1. The second kappa shape index (κ2) is 18.8. The number of carbonyl (C=O) groups excluding carboxylic acids is 4. The van der Waals surface area contributed by atoms with E-state index in [1.54, 1.807) is 27.7 Å². The van der Waals surface area contributed by atoms with Crippen LogP contribution in [0, 0.1) is 5.92 Å². The van der Waals surface area contributed by atoms with Gasteiger partial charge in [-0.05, 0) is 64.5 Å². The molecule has 1 saturated heterocycles. The summed E-state index contributed by atoms with van der Waals surface area (Å²) >= 11 is 0. The molecule has 4 amide bonds. The number of likely N-dealkylation sites (tertiary alicyclic amines) is 1. The van der Waals surface area contributed by atoms with Gasteiger partial charge >= 0.3 is 18.2 Å². The standard InChI is InChI=1S/C25H43N3O6.C9H9NO2/c1-7-9-10-11-12-14-18(3)21(23(31)33-8-2)27-22(30)19-15-13-16-28(19)20(29)17-26-24(32)34-25(4,5)6;11-9(12)10-5-7-3-1-2-4-8(7)6-10/h12,14,18-19,21H,7-11,13,15-17H2,1-6H3,(H,26,32)(H,27,30);1-4H,5-6H2,(H,11,12)/b14-12-;. The topological polar surface area (TPSA) is 155 Å². The van der Waals surface area contributed by atoms with Gasteiger partial charge in [-0.25, -0.2) is 14.4 Å². The van der Waals surface area contributed by atoms with Crippen molar-refractivity contribution in [3.63, 3.8) is 0 Å². The Morgan fingerprint density at radius 1 is 1.07 bits per heavy atom. The van der Waals surface area contributed by atoms with Gasteiger partial charge in [0, 0.05) is 25.6 Å². The summed E-state index contributed by atoms with van der Waals surface area (Å²) in [6.07, 6.45) is 7.85. The van der Waals surface area contributed by atoms with E-state index in [0.29, 0.717) is 32.5 Å². The highest BCUT2D eigenvalue weighted by molar-refractivity contribution is 5.92. The maximum Gasteiger partial charge on any atom is 0.408 e. The van der Waals surface area contributed by atoms with Crippen LogP contribution in [0.5, 0.6) is 0 Å². The van der Waals surface area contributed by atoms with Crippen molar-refractivity contribution in [1.29, 1.82) is 0 Å². The number of amides is 4. The number of hydrogen-bond acceptors (Lipinski definition) is 7. The quantitative estimate of drug-likeness (QED) is 0.163. The number of esters is 1. The SMILES string of the molecule is CCCCC/C=C\C(C)C(NC(=O)C1CCCN1C(=O)CNC(=O)OC(C)(C)C)C(=O)OCC.O=C(O)N1Cc2ccccc2C1. The van der Waals surface area contributed by atoms with Crippen molar-refractivity contribution in [2.24, 2.45) is 5.92 Å². The van der Waals surface area contributed by atoms with Crippen LogP contribution in [0.4, 0.5) is 9.59 Å². The third kappa shape index (κ3) is 12.7. The zero-order chi connectivity index (χ0) is 34.3. The Labute approximate surface area is 272 Å². The first kappa shape index (κ1) is 38.1. The monoisotopic (exact) mass is 644 g/mol. The molecule has 3 unspecified atom stereocenters. The van der Waals surface area contributed by atoms with Gasteiger partial charge in [0.15, 0.2) is 0 Å². The lowest BCUT2D eigenvalue weighted by atomic mass is 9.99. The van der Waals surface area contributed by atoms with E-state index in [-0.39, 0.29) is 25.0 Å². The highest BCUT2D eigenvalue weighted by Gasteiger charge is 2.37. The molecule has 2 aliphatic rings. The van der Waals surface area contributed by atoms with Crippen LogP contribution < -0.4 is 10.6 Å². The van der Waals surface area contributed by atoms with Crippen molar-refractivity contribution in [1.82, 2.24) is 20.4 Å². The molecule has 1 fully saturated rings. The Morgan fingerprint density at radius 2 is 1.72 bits per heavy atom. The number of carboxylic acid groups (broad SMARTS) is 1. The van der Waals surface area contributed by atoms with Crippen LogP contribution in [0.3, 0.4) is 0 Å². The lowest BCUT2D eigenvalue weighted by Crippen LogP contribution is -2.54. The minimum Gasteiger partial charge on any atom is -0.465 e. The Morgan fingerprint density at radius 3 is 2.28 bits per heavy atom. The molecule has 2 heterocycles. The Hall–Kier alpha value is -4.09. The molecule has 46 heavy (non-hydrogen) atoms. The van der Waals surface area contributed by atoms with E-state index >= 15 is 0 Å². The highest BCUT2D eigenvalue weighted by atomic mass is 16.6. The first-order chi connectivity index (χ1) is 21.8. The lowest BCUT2D eigenvalue weighted by Gasteiger charge is -2.28.